The van der Waals surface area contributed by atoms with E-state index in [1.165, 1.54) is 4.90 Å². The number of nitrogens with one attached hydrogen (secondary N) is 2. The molecule has 0 radical (unpaired) electrons. The van der Waals surface area contributed by atoms with Gasteiger partial charge in [-0.3, -0.25) is 14.3 Å². The number of carbonyl (C=O) groups is 3. The first-order valence-electron chi connectivity index (χ1n) is 18.4. The quantitative estimate of drug-likeness (QED) is 0.296. The van der Waals surface area contributed by atoms with Crippen LogP contribution in [0.3, 0.4) is 0 Å². The molecule has 2 N–H and O–H groups in total. The standard InChI is InChI=1S/C38H48N6O7S2/c1-21(2)35-40-28(20-52-35)27-17-30(26-14-15-29(50-6)22(3)32(26)39-27)51-31-19-44-33(23(31)4)34(45)41-38(36(46)42-53(48,49)25-12-13-25)18-24(38)11-9-7-8-10-16-43(5)37(44)47/h9,11,14-15,17,20-21,23-25,31,33H,7-8,10,12-13,16,18-19H2,1-6H3,(H,41,45)(H,42,46)/b11-9-/t23-,24-,31+,33?,38-/m1/s1. The van der Waals surface area contributed by atoms with Gasteiger partial charge in [0.15, 0.2) is 0 Å². The summed E-state index contributed by atoms with van der Waals surface area (Å²) in [6.45, 7) is 8.62. The van der Waals surface area contributed by atoms with Crippen LogP contribution in [0.2, 0.25) is 0 Å². The Morgan fingerprint density at radius 3 is 2.60 bits per heavy atom. The van der Waals surface area contributed by atoms with Crippen LogP contribution in [0.15, 0.2) is 35.7 Å². The number of aromatic nitrogens is 2. The normalized spacial score (nSPS) is 27.2. The molecule has 4 aliphatic rings. The number of aryl methyl sites for hydroxylation is 1. The lowest BCUT2D eigenvalue weighted by Gasteiger charge is -2.31. The van der Waals surface area contributed by atoms with Gasteiger partial charge < -0.3 is 24.6 Å². The van der Waals surface area contributed by atoms with Crippen LogP contribution < -0.4 is 19.5 Å². The predicted octanol–water partition coefficient (Wildman–Crippen LogP) is 5.14. The first-order valence-corrected chi connectivity index (χ1v) is 20.8. The number of hydrogen-bond acceptors (Lipinski definition) is 10. The van der Waals surface area contributed by atoms with Crippen LogP contribution in [0, 0.1) is 18.8 Å². The number of carbonyl (C=O) groups excluding carboxylic acids is 3. The maximum Gasteiger partial charge on any atom is 0.320 e. The molecule has 1 unspecified atom stereocenters. The molecule has 53 heavy (non-hydrogen) atoms. The summed E-state index contributed by atoms with van der Waals surface area (Å²) in [5.41, 5.74) is 1.45. The number of benzene rings is 1. The molecule has 2 aromatic heterocycles. The van der Waals surface area contributed by atoms with E-state index >= 15 is 0 Å². The SMILES string of the molecule is COc1ccc2c(O[C@H]3CN4C(=O)N(C)CCCC/C=C\[C@@H]5C[C@@]5(C(=O)NS(=O)(=O)C5CC5)NC(=O)C4[C@@H]3C)cc(-c3csc(C(C)C)n3)nc2c1C. The molecule has 4 amide bonds. The van der Waals surface area contributed by atoms with Crippen molar-refractivity contribution in [2.24, 2.45) is 11.8 Å². The number of fused-ring (bicyclic) bond motifs is 3. The highest BCUT2D eigenvalue weighted by molar-refractivity contribution is 7.91. The van der Waals surface area contributed by atoms with Crippen LogP contribution in [0.25, 0.3) is 22.3 Å². The van der Waals surface area contributed by atoms with E-state index in [0.717, 1.165) is 40.9 Å². The van der Waals surface area contributed by atoms with Gasteiger partial charge in [0.2, 0.25) is 15.9 Å². The molecule has 3 fully saturated rings. The minimum absolute atomic E-state index is 0.115. The Bertz CT molecular complexity index is 2080. The molecule has 5 atom stereocenters. The molecule has 2 aliphatic heterocycles. The Morgan fingerprint density at radius 2 is 1.91 bits per heavy atom. The monoisotopic (exact) mass is 764 g/mol. The molecule has 4 heterocycles. The van der Waals surface area contributed by atoms with Crippen molar-refractivity contribution >= 4 is 50.1 Å². The number of allylic oxidation sites excluding steroid dienone is 1. The molecular weight excluding hydrogens is 717 g/mol. The van der Waals surface area contributed by atoms with Gasteiger partial charge >= 0.3 is 6.03 Å². The summed E-state index contributed by atoms with van der Waals surface area (Å²) in [5, 5.41) is 6.08. The second kappa shape index (κ2) is 14.2. The third-order valence-electron chi connectivity index (χ3n) is 11.0. The highest BCUT2D eigenvalue weighted by Crippen LogP contribution is 2.46. The smallest absolute Gasteiger partial charge is 0.320 e. The molecule has 7 rings (SSSR count). The largest absolute Gasteiger partial charge is 0.496 e. The third-order valence-corrected chi connectivity index (χ3v) is 14.0. The number of rotatable bonds is 8. The zero-order valence-electron chi connectivity index (χ0n) is 31.0. The van der Waals surface area contributed by atoms with E-state index in [2.05, 4.69) is 23.9 Å². The average Bonchev–Trinajstić information content (AvgIpc) is 4.01. The lowest BCUT2D eigenvalue weighted by atomic mass is 9.98. The van der Waals surface area contributed by atoms with E-state index in [-0.39, 0.29) is 30.8 Å². The molecule has 3 aromatic rings. The van der Waals surface area contributed by atoms with Gasteiger partial charge in [-0.2, -0.15) is 0 Å². The minimum Gasteiger partial charge on any atom is -0.496 e. The molecule has 0 bridgehead atoms. The van der Waals surface area contributed by atoms with Crippen LogP contribution >= 0.6 is 11.3 Å². The fourth-order valence-corrected chi connectivity index (χ4v) is 9.68. The number of ether oxygens (including phenoxy) is 2. The lowest BCUT2D eigenvalue weighted by Crippen LogP contribution is -2.58. The Kier molecular flexibility index (Phi) is 9.94. The van der Waals surface area contributed by atoms with E-state index in [1.807, 2.05) is 49.6 Å². The van der Waals surface area contributed by atoms with Crippen molar-refractivity contribution in [3.8, 4) is 22.9 Å². The predicted molar refractivity (Wildman–Crippen MR) is 202 cm³/mol. The van der Waals surface area contributed by atoms with Crippen LogP contribution in [0.4, 0.5) is 4.79 Å². The fraction of sp³-hybridized carbons (Fsp3) is 0.553. The number of thiazole rings is 1. The summed E-state index contributed by atoms with van der Waals surface area (Å²) >= 11 is 1.57. The number of urea groups is 1. The maximum atomic E-state index is 14.4. The van der Waals surface area contributed by atoms with Gasteiger partial charge in [0.1, 0.15) is 29.2 Å². The molecule has 13 nitrogen and oxygen atoms in total. The third kappa shape index (κ3) is 7.09. The van der Waals surface area contributed by atoms with Crippen LogP contribution in [0.1, 0.15) is 75.8 Å². The number of nitrogens with zero attached hydrogens (tertiary/aromatic N) is 4. The van der Waals surface area contributed by atoms with E-state index in [9.17, 15) is 22.8 Å². The number of pyridine rings is 1. The maximum absolute atomic E-state index is 14.4. The van der Waals surface area contributed by atoms with Gasteiger partial charge in [0.25, 0.3) is 5.91 Å². The van der Waals surface area contributed by atoms with E-state index in [0.29, 0.717) is 42.1 Å². The summed E-state index contributed by atoms with van der Waals surface area (Å²) in [6.07, 6.45) is 6.85. The van der Waals surface area contributed by atoms with Gasteiger partial charge in [-0.25, -0.2) is 23.2 Å². The van der Waals surface area contributed by atoms with Crippen molar-refractivity contribution in [1.29, 1.82) is 0 Å². The molecule has 2 saturated carbocycles. The zero-order valence-corrected chi connectivity index (χ0v) is 32.7. The molecular formula is C38H48N6O7S2. The lowest BCUT2D eigenvalue weighted by molar-refractivity contribution is -0.132. The fourth-order valence-electron chi connectivity index (χ4n) is 7.49. The minimum atomic E-state index is -3.85. The average molecular weight is 765 g/mol. The van der Waals surface area contributed by atoms with Gasteiger partial charge in [-0.05, 0) is 57.6 Å². The number of hydrogen-bond donors (Lipinski definition) is 2. The van der Waals surface area contributed by atoms with E-state index < -0.39 is 50.7 Å². The Balaban J connectivity index is 1.24. The summed E-state index contributed by atoms with van der Waals surface area (Å²) in [6, 6.07) is 4.32. The van der Waals surface area contributed by atoms with Crippen molar-refractivity contribution in [2.75, 3.05) is 27.2 Å². The topological polar surface area (TPSA) is 160 Å². The van der Waals surface area contributed by atoms with Crippen LogP contribution in [-0.4, -0.2) is 96.2 Å². The second-order valence-electron chi connectivity index (χ2n) is 15.2. The van der Waals surface area contributed by atoms with Gasteiger partial charge in [-0.15, -0.1) is 11.3 Å². The van der Waals surface area contributed by atoms with E-state index in [4.69, 9.17) is 19.4 Å². The Labute approximate surface area is 314 Å². The first kappa shape index (κ1) is 37.1. The van der Waals surface area contributed by atoms with Crippen molar-refractivity contribution < 1.29 is 32.3 Å². The molecule has 0 spiro atoms. The molecule has 15 heteroatoms. The van der Waals surface area contributed by atoms with Crippen molar-refractivity contribution in [3.05, 3.63) is 46.3 Å². The zero-order chi connectivity index (χ0) is 37.8. The van der Waals surface area contributed by atoms with Gasteiger partial charge in [0, 0.05) is 53.7 Å². The summed E-state index contributed by atoms with van der Waals surface area (Å²) in [4.78, 5) is 55.3. The Hall–Kier alpha value is -4.24. The van der Waals surface area contributed by atoms with Crippen molar-refractivity contribution in [2.45, 2.75) is 95.1 Å². The second-order valence-corrected chi connectivity index (χ2v) is 18.1. The van der Waals surface area contributed by atoms with Crippen molar-refractivity contribution in [3.63, 3.8) is 0 Å². The van der Waals surface area contributed by atoms with Gasteiger partial charge in [0.05, 0.1) is 40.8 Å². The highest BCUT2D eigenvalue weighted by atomic mass is 32.2. The van der Waals surface area contributed by atoms with Crippen molar-refractivity contribution in [1.82, 2.24) is 29.8 Å². The van der Waals surface area contributed by atoms with Crippen LogP contribution in [0.5, 0.6) is 11.5 Å². The number of amides is 4. The summed E-state index contributed by atoms with van der Waals surface area (Å²) in [7, 11) is -0.508. The Morgan fingerprint density at radius 1 is 1.13 bits per heavy atom. The number of methoxy groups -OCH3 is 1. The summed E-state index contributed by atoms with van der Waals surface area (Å²) in [5.74, 6) is -0.680. The molecule has 1 saturated heterocycles. The molecule has 1 aromatic carbocycles. The van der Waals surface area contributed by atoms with Crippen LogP contribution in [-0.2, 0) is 19.6 Å². The van der Waals surface area contributed by atoms with Gasteiger partial charge in [-0.1, -0.05) is 32.9 Å². The molecule has 2 aliphatic carbocycles. The first-order chi connectivity index (χ1) is 25.2. The van der Waals surface area contributed by atoms with E-state index in [1.54, 1.807) is 30.4 Å². The highest BCUT2D eigenvalue weighted by Gasteiger charge is 2.62. The number of sulfonamides is 1. The molecule has 284 valence electrons. The summed E-state index contributed by atoms with van der Waals surface area (Å²) < 4.78 is 40.4.